The van der Waals surface area contributed by atoms with E-state index in [0.717, 1.165) is 22.4 Å². The summed E-state index contributed by atoms with van der Waals surface area (Å²) in [4.78, 5) is 141. The summed E-state index contributed by atoms with van der Waals surface area (Å²) >= 11 is 0. The van der Waals surface area contributed by atoms with Crippen LogP contribution < -0.4 is 46.3 Å². The molecule has 6 aromatic rings. The van der Waals surface area contributed by atoms with Gasteiger partial charge in [-0.15, -0.1) is 5.10 Å². The number of carboxylic acids is 1. The zero-order valence-electron chi connectivity index (χ0n) is 68.5. The molecule has 123 heavy (non-hydrogen) atoms. The summed E-state index contributed by atoms with van der Waals surface area (Å²) in [5, 5.41) is 104. The largest absolute Gasteiger partial charge is 0.507 e. The molecule has 0 saturated carbocycles. The standard InChI is InChI=1S/C84H101N11O28/c1-42(2)95-67-48-16-9-10-18-52(48)94(40-45-14-7-8-15-47(45)66(67)91-92-95)60(99)21-12-11-20-59(98)90-51(39-89-58(97)25-30-116-33-32-113-4)77(107)85-26-24-57(96)88-38-46-34-44(22-23-54(46)121-80-74(106)72(104)73(105)76(123-80)79(108)109)41-118-83(111)87-28-27-86-82(110)84(112)36-50-63(71(103)65-64(69(50)101)68(100)49-17-13-19-55(114-5)62(49)70(65)102)56(37-84)120-61-35-53-75(43(3)119-61)122-78-81(115-6)117-31-29-93(53)78/h7-10,13-19,22-23,34,42-43,51,53,56,61,72-76,78,80-81,101,103-106,112H,11-12,20-21,24-33,35-41H2,1-6H3,(H,85,107)(H,86,110)(H,87,111)(H,88,96)(H,89,97)(H,90,98)(H,108,109)/t43-,51-,53-,56-,61-,72-,73-,74+,75+,76-,78+,80+,81-,84-/m0/s1. The van der Waals surface area contributed by atoms with Gasteiger partial charge in [0.05, 0.1) is 80.4 Å². The number of carbonyl (C=O) groups excluding carboxylic acids is 9. The Morgan fingerprint density at radius 1 is 0.715 bits per heavy atom. The Bertz CT molecular complexity index is 4950. The number of unbranched alkanes of at least 4 members (excludes halogenated alkanes) is 1. The van der Waals surface area contributed by atoms with Gasteiger partial charge in [0.25, 0.3) is 5.91 Å². The normalized spacial score (nSPS) is 23.9. The fraction of sp³-hybridized carbons (Fsp3) is 0.500. The van der Waals surface area contributed by atoms with E-state index in [1.54, 1.807) is 11.8 Å². The SMILES string of the molecule is COCCOCCC(=O)NC[C@H](NC(=O)CCCCC(=O)N1Cc2ccccc2-c2nnn(C(C)C)c2-c2ccccc21)C(=O)NCCC(=O)NCc1cc(COC(=O)NCCNC(=O)[C@]2(O)Cc3c(O)c4c(c(O)c3[C@@H](O[C@H]3C[C@H]5[C@H](O[C@@H]6[C@@H](OC)OCCN65)[C@H](C)O3)C2)C(=O)c2c(OC)cccc2C4=O)ccc1O[C@@H]1O[C@H](C(=O)O)[C@@H](O)[C@H](O)[C@H]1O. The fourth-order valence-electron chi connectivity index (χ4n) is 16.4. The van der Waals surface area contributed by atoms with E-state index >= 15 is 0 Å². The lowest BCUT2D eigenvalue weighted by atomic mass is 9.72. The zero-order chi connectivity index (χ0) is 87.7. The second kappa shape index (κ2) is 39.6. The molecule has 1 aromatic heterocycles. The minimum absolute atomic E-state index is 0.0276. The molecule has 7 aliphatic rings. The lowest BCUT2D eigenvalue weighted by Crippen LogP contribution is -2.61. The molecule has 13 rings (SSSR count). The number of benzene rings is 5. The number of nitrogens with zero attached hydrogens (tertiary/aromatic N) is 5. The molecule has 7 amide bonds. The molecule has 660 valence electrons. The minimum atomic E-state index is -2.48. The number of fused-ring (bicyclic) bond motifs is 11. The Kier molecular flexibility index (Phi) is 28.8. The first-order chi connectivity index (χ1) is 59.1. The van der Waals surface area contributed by atoms with E-state index in [9.17, 15) is 83.7 Å². The number of ether oxygens (including phenoxy) is 11. The number of hydrogen-bond donors (Lipinski definition) is 13. The van der Waals surface area contributed by atoms with Gasteiger partial charge in [0, 0.05) is 144 Å². The number of carboxylic acid groups (broad SMARTS) is 1. The molecular weight excluding hydrogens is 1610 g/mol. The first-order valence-corrected chi connectivity index (χ1v) is 40.6. The maximum Gasteiger partial charge on any atom is 0.407 e. The van der Waals surface area contributed by atoms with E-state index in [2.05, 4.69) is 47.1 Å². The number of rotatable bonds is 34. The van der Waals surface area contributed by atoms with Crippen LogP contribution in [0.2, 0.25) is 0 Å². The Morgan fingerprint density at radius 3 is 2.22 bits per heavy atom. The van der Waals surface area contributed by atoms with Crippen molar-refractivity contribution in [3.05, 3.63) is 135 Å². The van der Waals surface area contributed by atoms with Crippen molar-refractivity contribution < 1.29 is 136 Å². The lowest BCUT2D eigenvalue weighted by Gasteiger charge is -2.43. The van der Waals surface area contributed by atoms with Crippen LogP contribution in [-0.2, 0) is 102 Å². The Morgan fingerprint density at radius 2 is 1.46 bits per heavy atom. The Labute approximate surface area is 705 Å². The first-order valence-electron chi connectivity index (χ1n) is 40.6. The van der Waals surface area contributed by atoms with Crippen LogP contribution in [0.3, 0.4) is 0 Å². The van der Waals surface area contributed by atoms with Crippen LogP contribution in [-0.4, -0.2) is 275 Å². The maximum absolute atomic E-state index is 14.4. The molecule has 0 bridgehead atoms. The molecule has 39 heteroatoms. The number of hydrogen-bond acceptors (Lipinski definition) is 30. The topological polar surface area (TPSA) is 523 Å². The molecule has 39 nitrogen and oxygen atoms in total. The highest BCUT2D eigenvalue weighted by Gasteiger charge is 2.56. The fourth-order valence-corrected chi connectivity index (χ4v) is 16.4. The summed E-state index contributed by atoms with van der Waals surface area (Å²) in [5.41, 5.74) is 0.613. The summed E-state index contributed by atoms with van der Waals surface area (Å²) in [5.74, 6) is -8.83. The third-order valence-electron chi connectivity index (χ3n) is 22.6. The predicted molar refractivity (Wildman–Crippen MR) is 427 cm³/mol. The molecule has 5 aromatic carbocycles. The lowest BCUT2D eigenvalue weighted by molar-refractivity contribution is -0.271. The monoisotopic (exact) mass is 1710 g/mol. The van der Waals surface area contributed by atoms with Gasteiger partial charge in [-0.25, -0.2) is 14.3 Å². The molecule has 2 aliphatic carbocycles. The molecule has 0 spiro atoms. The highest BCUT2D eigenvalue weighted by molar-refractivity contribution is 6.31. The van der Waals surface area contributed by atoms with Crippen molar-refractivity contribution in [1.29, 1.82) is 0 Å². The smallest absolute Gasteiger partial charge is 0.407 e. The highest BCUT2D eigenvalue weighted by Crippen LogP contribution is 2.54. The van der Waals surface area contributed by atoms with Crippen LogP contribution in [0.1, 0.15) is 144 Å². The summed E-state index contributed by atoms with van der Waals surface area (Å²) in [6, 6.07) is 21.9. The van der Waals surface area contributed by atoms with E-state index in [1.165, 1.54) is 57.7 Å². The van der Waals surface area contributed by atoms with Crippen molar-refractivity contribution in [2.24, 2.45) is 0 Å². The van der Waals surface area contributed by atoms with Gasteiger partial charge in [0.2, 0.25) is 41.6 Å². The van der Waals surface area contributed by atoms with Crippen molar-refractivity contribution >= 4 is 64.8 Å². The molecule has 0 radical (unpaired) electrons. The number of aliphatic hydroxyl groups excluding tert-OH is 3. The summed E-state index contributed by atoms with van der Waals surface area (Å²) < 4.78 is 65.2. The van der Waals surface area contributed by atoms with Gasteiger partial charge in [-0.1, -0.05) is 65.9 Å². The molecule has 0 unspecified atom stereocenters. The number of methoxy groups -OCH3 is 3. The van der Waals surface area contributed by atoms with Crippen LogP contribution in [0.4, 0.5) is 10.5 Å². The second-order valence-electron chi connectivity index (χ2n) is 31.0. The second-order valence-corrected chi connectivity index (χ2v) is 31.0. The van der Waals surface area contributed by atoms with Gasteiger partial charge in [0.1, 0.15) is 71.4 Å². The molecule has 5 aliphatic heterocycles. The van der Waals surface area contributed by atoms with Crippen molar-refractivity contribution in [2.45, 2.75) is 190 Å². The minimum Gasteiger partial charge on any atom is -0.507 e. The summed E-state index contributed by atoms with van der Waals surface area (Å²) in [6.45, 7) is 5.09. The van der Waals surface area contributed by atoms with Crippen molar-refractivity contribution in [3.8, 4) is 45.5 Å². The average molecular weight is 1710 g/mol. The van der Waals surface area contributed by atoms with Gasteiger partial charge < -0.3 is 125 Å². The third-order valence-corrected chi connectivity index (χ3v) is 22.6. The number of aromatic hydroxyl groups is 2. The van der Waals surface area contributed by atoms with E-state index in [-0.39, 0.29) is 154 Å². The van der Waals surface area contributed by atoms with Crippen LogP contribution in [0.25, 0.3) is 22.5 Å². The Balaban J connectivity index is 0.632. The number of morpholine rings is 1. The number of alkyl carbamates (subject to hydrolysis) is 1. The van der Waals surface area contributed by atoms with E-state index in [1.807, 2.05) is 67.1 Å². The van der Waals surface area contributed by atoms with Crippen molar-refractivity contribution in [1.82, 2.24) is 51.8 Å². The maximum atomic E-state index is 14.4. The molecular formula is C84H101N11O28. The summed E-state index contributed by atoms with van der Waals surface area (Å²) in [6.07, 6.45) is -17.3. The van der Waals surface area contributed by atoms with Crippen LogP contribution in [0.15, 0.2) is 84.9 Å². The Hall–Kier alpha value is -11.2. The van der Waals surface area contributed by atoms with Gasteiger partial charge in [-0.2, -0.15) is 0 Å². The number of phenols is 2. The number of phenolic OH excluding ortho intramolecular Hbond substituents is 2. The third kappa shape index (κ3) is 19.6. The van der Waals surface area contributed by atoms with E-state index in [4.69, 9.17) is 52.1 Å². The molecule has 14 atom stereocenters. The average Bonchev–Trinajstić information content (AvgIpc) is 1.68. The number of nitrogens with one attached hydrogen (secondary N) is 6. The summed E-state index contributed by atoms with van der Waals surface area (Å²) in [7, 11) is 4.29. The van der Waals surface area contributed by atoms with E-state index < -0.39 is 181 Å². The molecule has 6 heterocycles. The zero-order valence-corrected chi connectivity index (χ0v) is 68.5. The number of amides is 7. The van der Waals surface area contributed by atoms with Gasteiger partial charge in [0.15, 0.2) is 30.7 Å². The van der Waals surface area contributed by atoms with Crippen molar-refractivity contribution in [2.75, 3.05) is 85.4 Å². The molecule has 4 fully saturated rings. The van der Waals surface area contributed by atoms with Crippen LogP contribution >= 0.6 is 0 Å². The number of aliphatic hydroxyl groups is 4. The quantitative estimate of drug-likeness (QED) is 0.0202. The predicted octanol–water partition coefficient (Wildman–Crippen LogP) is 1.85. The molecule has 4 saturated heterocycles. The number of para-hydroxylation sites is 1. The van der Waals surface area contributed by atoms with Crippen LogP contribution in [0, 0.1) is 0 Å². The number of aromatic nitrogens is 3. The highest BCUT2D eigenvalue weighted by atomic mass is 16.7. The number of carbonyl (C=O) groups is 10. The molecule has 13 N–H and O–H groups in total. The van der Waals surface area contributed by atoms with Crippen molar-refractivity contribution in [3.63, 3.8) is 0 Å². The first kappa shape index (κ1) is 89.6. The number of ketones is 2. The van der Waals surface area contributed by atoms with Crippen LogP contribution in [0.5, 0.6) is 23.0 Å². The number of aliphatic carboxylic acids is 1. The number of anilines is 1. The van der Waals surface area contributed by atoms with Gasteiger partial charge >= 0.3 is 12.1 Å². The van der Waals surface area contributed by atoms with E-state index in [0.29, 0.717) is 31.1 Å². The van der Waals surface area contributed by atoms with Gasteiger partial charge in [-0.3, -0.25) is 43.3 Å². The van der Waals surface area contributed by atoms with Gasteiger partial charge in [-0.05, 0) is 69.0 Å².